The molecule has 0 saturated carbocycles. The minimum Gasteiger partial charge on any atom is -0.351 e. The summed E-state index contributed by atoms with van der Waals surface area (Å²) in [6.45, 7) is 6.09. The van der Waals surface area contributed by atoms with Gasteiger partial charge in [0, 0.05) is 12.1 Å². The number of fused-ring (bicyclic) bond motifs is 3. The summed E-state index contributed by atoms with van der Waals surface area (Å²) in [5.74, 6) is 0.395. The number of amidine groups is 2. The van der Waals surface area contributed by atoms with E-state index in [-0.39, 0.29) is 11.8 Å². The van der Waals surface area contributed by atoms with E-state index >= 15 is 0 Å². The SMILES string of the molecule is Cc1ccc(CNC(=O)[C@@H](C)SC2=Nc3ccccc3C3=N[C@@H](C)C(=O)N23)cc1. The highest BCUT2D eigenvalue weighted by atomic mass is 32.2. The van der Waals surface area contributed by atoms with Gasteiger partial charge in [-0.2, -0.15) is 0 Å². The summed E-state index contributed by atoms with van der Waals surface area (Å²) < 4.78 is 0. The molecule has 2 atom stereocenters. The highest BCUT2D eigenvalue weighted by Gasteiger charge is 2.40. The monoisotopic (exact) mass is 406 g/mol. The first-order chi connectivity index (χ1) is 13.9. The Hall–Kier alpha value is -2.93. The van der Waals surface area contributed by atoms with Gasteiger partial charge in [-0.3, -0.25) is 14.6 Å². The number of benzene rings is 2. The van der Waals surface area contributed by atoms with Crippen molar-refractivity contribution in [2.45, 2.75) is 38.6 Å². The normalized spacial score (nSPS) is 18.5. The Bertz CT molecular complexity index is 1030. The fourth-order valence-electron chi connectivity index (χ4n) is 3.21. The number of hydrogen-bond donors (Lipinski definition) is 1. The summed E-state index contributed by atoms with van der Waals surface area (Å²) in [5, 5.41) is 3.05. The fraction of sp³-hybridized carbons (Fsp3) is 0.273. The second-order valence-corrected chi connectivity index (χ2v) is 8.49. The zero-order chi connectivity index (χ0) is 20.5. The van der Waals surface area contributed by atoms with Crippen molar-refractivity contribution in [3.8, 4) is 0 Å². The largest absolute Gasteiger partial charge is 0.351 e. The van der Waals surface area contributed by atoms with Crippen molar-refractivity contribution in [1.82, 2.24) is 10.2 Å². The molecule has 0 aromatic heterocycles. The molecule has 2 aliphatic rings. The van der Waals surface area contributed by atoms with E-state index in [9.17, 15) is 9.59 Å². The van der Waals surface area contributed by atoms with Crippen LogP contribution in [-0.2, 0) is 16.1 Å². The van der Waals surface area contributed by atoms with Crippen LogP contribution < -0.4 is 5.32 Å². The van der Waals surface area contributed by atoms with Gasteiger partial charge in [-0.1, -0.05) is 53.7 Å². The Balaban J connectivity index is 1.49. The molecule has 2 aromatic rings. The van der Waals surface area contributed by atoms with Gasteiger partial charge >= 0.3 is 0 Å². The molecule has 2 amide bonds. The van der Waals surface area contributed by atoms with Crippen LogP contribution in [0.15, 0.2) is 58.5 Å². The molecule has 0 fully saturated rings. The van der Waals surface area contributed by atoms with Crippen LogP contribution in [0.3, 0.4) is 0 Å². The summed E-state index contributed by atoms with van der Waals surface area (Å²) in [5.41, 5.74) is 3.83. The summed E-state index contributed by atoms with van der Waals surface area (Å²) in [6.07, 6.45) is 0. The number of carbonyl (C=O) groups excluding carboxylic acids is 2. The van der Waals surface area contributed by atoms with Gasteiger partial charge in [0.2, 0.25) is 5.91 Å². The Labute approximate surface area is 174 Å². The third kappa shape index (κ3) is 3.82. The quantitative estimate of drug-likeness (QED) is 0.846. The fourth-order valence-corrected chi connectivity index (χ4v) is 4.14. The molecular formula is C22H22N4O2S. The highest BCUT2D eigenvalue weighted by molar-refractivity contribution is 8.15. The number of hydrogen-bond acceptors (Lipinski definition) is 5. The van der Waals surface area contributed by atoms with Crippen LogP contribution in [0.25, 0.3) is 0 Å². The molecule has 148 valence electrons. The number of rotatable bonds is 4. The minimum absolute atomic E-state index is 0.102. The molecule has 4 rings (SSSR count). The molecule has 0 unspecified atom stereocenters. The lowest BCUT2D eigenvalue weighted by Gasteiger charge is -2.26. The molecule has 0 aliphatic carbocycles. The number of para-hydroxylation sites is 1. The van der Waals surface area contributed by atoms with E-state index in [1.54, 1.807) is 11.8 Å². The van der Waals surface area contributed by atoms with Crippen molar-refractivity contribution < 1.29 is 9.59 Å². The van der Waals surface area contributed by atoms with Gasteiger partial charge < -0.3 is 5.32 Å². The van der Waals surface area contributed by atoms with Gasteiger partial charge in [0.05, 0.1) is 10.9 Å². The Morgan fingerprint density at radius 3 is 2.69 bits per heavy atom. The molecule has 0 saturated heterocycles. The van der Waals surface area contributed by atoms with Crippen LogP contribution in [0, 0.1) is 6.92 Å². The van der Waals surface area contributed by atoms with Gasteiger partial charge in [-0.15, -0.1) is 0 Å². The van der Waals surface area contributed by atoms with Crippen LogP contribution in [0.4, 0.5) is 5.69 Å². The van der Waals surface area contributed by atoms with Crippen molar-refractivity contribution >= 4 is 40.3 Å². The molecule has 2 aromatic carbocycles. The smallest absolute Gasteiger partial charge is 0.258 e. The Morgan fingerprint density at radius 1 is 1.21 bits per heavy atom. The highest BCUT2D eigenvalue weighted by Crippen LogP contribution is 2.34. The lowest BCUT2D eigenvalue weighted by molar-refractivity contribution is -0.124. The number of carbonyl (C=O) groups is 2. The zero-order valence-corrected chi connectivity index (χ0v) is 17.4. The zero-order valence-electron chi connectivity index (χ0n) is 16.5. The Kier molecular flexibility index (Phi) is 5.24. The summed E-state index contributed by atoms with van der Waals surface area (Å²) in [6, 6.07) is 15.2. The second kappa shape index (κ2) is 7.83. The van der Waals surface area contributed by atoms with Crippen molar-refractivity contribution in [1.29, 1.82) is 0 Å². The van der Waals surface area contributed by atoms with Crippen molar-refractivity contribution in [3.63, 3.8) is 0 Å². The van der Waals surface area contributed by atoms with Crippen molar-refractivity contribution in [3.05, 3.63) is 65.2 Å². The molecule has 29 heavy (non-hydrogen) atoms. The number of nitrogens with one attached hydrogen (secondary N) is 1. The molecule has 2 aliphatic heterocycles. The second-order valence-electron chi connectivity index (χ2n) is 7.18. The predicted octanol–water partition coefficient (Wildman–Crippen LogP) is 3.41. The molecule has 0 bridgehead atoms. The summed E-state index contributed by atoms with van der Waals surface area (Å²) >= 11 is 1.27. The van der Waals surface area contributed by atoms with E-state index in [0.29, 0.717) is 17.5 Å². The van der Waals surface area contributed by atoms with Crippen LogP contribution in [0.5, 0.6) is 0 Å². The first-order valence-electron chi connectivity index (χ1n) is 9.54. The predicted molar refractivity (Wildman–Crippen MR) is 116 cm³/mol. The number of aliphatic imine (C=N–C) groups is 2. The topological polar surface area (TPSA) is 74.1 Å². The molecule has 1 N–H and O–H groups in total. The van der Waals surface area contributed by atoms with Gasteiger partial charge in [-0.05, 0) is 38.5 Å². The average molecular weight is 407 g/mol. The van der Waals surface area contributed by atoms with E-state index in [2.05, 4.69) is 15.3 Å². The standard InChI is InChI=1S/C22H22N4O2S/c1-13-8-10-16(11-9-13)12-23-20(27)15(3)29-22-25-18-7-5-4-6-17(18)19-24-14(2)21(28)26(19)22/h4-11,14-15H,12H2,1-3H3,(H,23,27)/t14-,15+/m0/s1. The van der Waals surface area contributed by atoms with Crippen LogP contribution in [-0.4, -0.2) is 39.0 Å². The van der Waals surface area contributed by atoms with Gasteiger partial charge in [0.15, 0.2) is 5.17 Å². The lowest BCUT2D eigenvalue weighted by atomic mass is 10.1. The maximum atomic E-state index is 12.7. The Morgan fingerprint density at radius 2 is 1.93 bits per heavy atom. The van der Waals surface area contributed by atoms with Crippen LogP contribution >= 0.6 is 11.8 Å². The third-order valence-corrected chi connectivity index (χ3v) is 5.95. The number of aryl methyl sites for hydroxylation is 1. The molecule has 6 nitrogen and oxygen atoms in total. The van der Waals surface area contributed by atoms with Gasteiger partial charge in [0.25, 0.3) is 5.91 Å². The summed E-state index contributed by atoms with van der Waals surface area (Å²) in [7, 11) is 0. The molecule has 7 heteroatoms. The van der Waals surface area contributed by atoms with Crippen molar-refractivity contribution in [2.75, 3.05) is 0 Å². The molecular weight excluding hydrogens is 384 g/mol. The number of thioether (sulfide) groups is 1. The summed E-state index contributed by atoms with van der Waals surface area (Å²) in [4.78, 5) is 36.0. The molecule has 2 heterocycles. The third-order valence-electron chi connectivity index (χ3n) is 4.90. The van der Waals surface area contributed by atoms with E-state index in [1.807, 2.05) is 62.4 Å². The van der Waals surface area contributed by atoms with E-state index in [1.165, 1.54) is 17.3 Å². The van der Waals surface area contributed by atoms with Crippen LogP contribution in [0.1, 0.15) is 30.5 Å². The van der Waals surface area contributed by atoms with E-state index in [4.69, 9.17) is 0 Å². The van der Waals surface area contributed by atoms with Crippen LogP contribution in [0.2, 0.25) is 0 Å². The average Bonchev–Trinajstić information content (AvgIpc) is 3.02. The molecule has 0 radical (unpaired) electrons. The lowest BCUT2D eigenvalue weighted by Crippen LogP contribution is -2.42. The van der Waals surface area contributed by atoms with E-state index < -0.39 is 11.3 Å². The van der Waals surface area contributed by atoms with E-state index in [0.717, 1.165) is 16.8 Å². The number of amides is 2. The first kappa shape index (κ1) is 19.4. The first-order valence-corrected chi connectivity index (χ1v) is 10.4. The number of nitrogens with zero attached hydrogens (tertiary/aromatic N) is 3. The molecule has 0 spiro atoms. The van der Waals surface area contributed by atoms with Gasteiger partial charge in [0.1, 0.15) is 11.9 Å². The van der Waals surface area contributed by atoms with Gasteiger partial charge in [-0.25, -0.2) is 9.89 Å². The van der Waals surface area contributed by atoms with Crippen molar-refractivity contribution in [2.24, 2.45) is 9.98 Å². The maximum Gasteiger partial charge on any atom is 0.258 e. The maximum absolute atomic E-state index is 12.7. The minimum atomic E-state index is -0.451.